The van der Waals surface area contributed by atoms with E-state index in [9.17, 15) is 0 Å². The summed E-state index contributed by atoms with van der Waals surface area (Å²) < 4.78 is 0. The van der Waals surface area contributed by atoms with Gasteiger partial charge in [-0.15, -0.1) is 0 Å². The lowest BCUT2D eigenvalue weighted by Crippen LogP contribution is -2.13. The first-order valence-corrected chi connectivity index (χ1v) is 3.57. The van der Waals surface area contributed by atoms with Crippen LogP contribution in [0.15, 0.2) is 12.2 Å². The maximum atomic E-state index is 2.18. The van der Waals surface area contributed by atoms with Crippen LogP contribution < -0.4 is 0 Å². The van der Waals surface area contributed by atoms with Crippen molar-refractivity contribution < 1.29 is 0 Å². The third-order valence-electron chi connectivity index (χ3n) is 1.11. The predicted molar refractivity (Wildman–Crippen MR) is 46.2 cm³/mol. The first kappa shape index (κ1) is 9.66. The first-order valence-electron chi connectivity index (χ1n) is 3.57. The van der Waals surface area contributed by atoms with Crippen molar-refractivity contribution in [2.75, 3.05) is 41.3 Å². The van der Waals surface area contributed by atoms with Gasteiger partial charge in [-0.1, -0.05) is 12.2 Å². The SMILES string of the molecule is CN(C)C/C=C/CN(C)C. The Balaban J connectivity index is 3.20. The van der Waals surface area contributed by atoms with Gasteiger partial charge in [-0.25, -0.2) is 0 Å². The molecule has 0 unspecified atom stereocenters. The molecule has 0 heterocycles. The summed E-state index contributed by atoms with van der Waals surface area (Å²) in [6.07, 6.45) is 4.36. The molecule has 0 spiro atoms. The van der Waals surface area contributed by atoms with Crippen molar-refractivity contribution in [3.05, 3.63) is 12.2 Å². The summed E-state index contributed by atoms with van der Waals surface area (Å²) in [5.41, 5.74) is 0. The van der Waals surface area contributed by atoms with E-state index in [0.717, 1.165) is 13.1 Å². The Labute approximate surface area is 64.1 Å². The largest absolute Gasteiger partial charge is 0.306 e. The van der Waals surface area contributed by atoms with Crippen LogP contribution in [0.4, 0.5) is 0 Å². The van der Waals surface area contributed by atoms with Gasteiger partial charge in [0.2, 0.25) is 0 Å². The average molecular weight is 142 g/mol. The van der Waals surface area contributed by atoms with Crippen molar-refractivity contribution in [3.63, 3.8) is 0 Å². The van der Waals surface area contributed by atoms with E-state index < -0.39 is 0 Å². The maximum Gasteiger partial charge on any atom is 0.0157 e. The smallest absolute Gasteiger partial charge is 0.0157 e. The zero-order valence-corrected chi connectivity index (χ0v) is 7.46. The van der Waals surface area contributed by atoms with E-state index in [4.69, 9.17) is 0 Å². The summed E-state index contributed by atoms with van der Waals surface area (Å²) in [6.45, 7) is 2.07. The fraction of sp³-hybridized carbons (Fsp3) is 0.750. The molecule has 0 aromatic heterocycles. The van der Waals surface area contributed by atoms with E-state index >= 15 is 0 Å². The summed E-state index contributed by atoms with van der Waals surface area (Å²) in [4.78, 5) is 4.29. The average Bonchev–Trinajstić information content (AvgIpc) is 1.79. The number of nitrogens with zero attached hydrogens (tertiary/aromatic N) is 2. The minimum atomic E-state index is 1.04. The minimum absolute atomic E-state index is 1.04. The van der Waals surface area contributed by atoms with Crippen LogP contribution in [-0.4, -0.2) is 51.1 Å². The van der Waals surface area contributed by atoms with E-state index in [1.54, 1.807) is 0 Å². The fourth-order valence-electron chi connectivity index (χ4n) is 0.571. The highest BCUT2D eigenvalue weighted by molar-refractivity contribution is 4.85. The van der Waals surface area contributed by atoms with Gasteiger partial charge in [0.1, 0.15) is 0 Å². The molecule has 2 nitrogen and oxygen atoms in total. The topological polar surface area (TPSA) is 6.48 Å². The van der Waals surface area contributed by atoms with Crippen LogP contribution in [0, 0.1) is 0 Å². The predicted octanol–water partition coefficient (Wildman–Crippen LogP) is 0.666. The monoisotopic (exact) mass is 142 g/mol. The molecule has 0 amide bonds. The molecule has 0 aromatic carbocycles. The molecule has 10 heavy (non-hydrogen) atoms. The van der Waals surface area contributed by atoms with Gasteiger partial charge in [0.15, 0.2) is 0 Å². The Morgan fingerprint density at radius 2 is 1.10 bits per heavy atom. The minimum Gasteiger partial charge on any atom is -0.306 e. The number of hydrogen-bond acceptors (Lipinski definition) is 2. The molecule has 0 aliphatic heterocycles. The van der Waals surface area contributed by atoms with Crippen LogP contribution >= 0.6 is 0 Å². The summed E-state index contributed by atoms with van der Waals surface area (Å²) in [7, 11) is 8.28. The molecule has 0 bridgehead atoms. The molecule has 0 aliphatic carbocycles. The normalized spacial score (nSPS) is 12.2. The van der Waals surface area contributed by atoms with E-state index in [-0.39, 0.29) is 0 Å². The molecule has 2 heteroatoms. The Morgan fingerprint density at radius 1 is 0.800 bits per heavy atom. The van der Waals surface area contributed by atoms with Gasteiger partial charge in [-0.3, -0.25) is 0 Å². The number of likely N-dealkylation sites (N-methyl/N-ethyl adjacent to an activating group) is 2. The van der Waals surface area contributed by atoms with Crippen LogP contribution in [0.5, 0.6) is 0 Å². The third-order valence-corrected chi connectivity index (χ3v) is 1.11. The molecular weight excluding hydrogens is 124 g/mol. The molecule has 0 saturated heterocycles. The van der Waals surface area contributed by atoms with Crippen LogP contribution in [0.2, 0.25) is 0 Å². The van der Waals surface area contributed by atoms with Crippen LogP contribution in [0.3, 0.4) is 0 Å². The van der Waals surface area contributed by atoms with Crippen molar-refractivity contribution in [1.29, 1.82) is 0 Å². The molecule has 0 aromatic rings. The van der Waals surface area contributed by atoms with Gasteiger partial charge >= 0.3 is 0 Å². The van der Waals surface area contributed by atoms with Crippen LogP contribution in [-0.2, 0) is 0 Å². The third kappa shape index (κ3) is 7.66. The zero-order valence-electron chi connectivity index (χ0n) is 7.46. The standard InChI is InChI=1S/C8H18N2/c1-9(2)7-5-6-8-10(3)4/h5-6H,7-8H2,1-4H3/b6-5+. The van der Waals surface area contributed by atoms with E-state index in [2.05, 4.69) is 50.1 Å². The summed E-state index contributed by atoms with van der Waals surface area (Å²) in [5.74, 6) is 0. The molecular formula is C8H18N2. The lowest BCUT2D eigenvalue weighted by molar-refractivity contribution is 0.444. The first-order chi connectivity index (χ1) is 4.63. The summed E-state index contributed by atoms with van der Waals surface area (Å²) >= 11 is 0. The van der Waals surface area contributed by atoms with Crippen LogP contribution in [0.25, 0.3) is 0 Å². The zero-order chi connectivity index (χ0) is 7.98. The number of rotatable bonds is 4. The molecule has 0 atom stereocenters. The van der Waals surface area contributed by atoms with Gasteiger partial charge in [-0.2, -0.15) is 0 Å². The quantitative estimate of drug-likeness (QED) is 0.532. The lowest BCUT2D eigenvalue weighted by Gasteiger charge is -2.06. The van der Waals surface area contributed by atoms with Crippen molar-refractivity contribution in [2.24, 2.45) is 0 Å². The Kier molecular flexibility index (Phi) is 5.26. The molecule has 0 rings (SSSR count). The second kappa shape index (κ2) is 5.45. The number of hydrogen-bond donors (Lipinski definition) is 0. The summed E-state index contributed by atoms with van der Waals surface area (Å²) in [6, 6.07) is 0. The van der Waals surface area contributed by atoms with E-state index in [0.29, 0.717) is 0 Å². The van der Waals surface area contributed by atoms with E-state index in [1.165, 1.54) is 0 Å². The van der Waals surface area contributed by atoms with Crippen molar-refractivity contribution in [3.8, 4) is 0 Å². The van der Waals surface area contributed by atoms with Crippen molar-refractivity contribution in [1.82, 2.24) is 9.80 Å². The van der Waals surface area contributed by atoms with E-state index in [1.807, 2.05) is 0 Å². The highest BCUT2D eigenvalue weighted by Gasteiger charge is 1.83. The lowest BCUT2D eigenvalue weighted by atomic mass is 10.4. The van der Waals surface area contributed by atoms with Gasteiger partial charge in [-0.05, 0) is 28.2 Å². The maximum absolute atomic E-state index is 2.18. The van der Waals surface area contributed by atoms with Gasteiger partial charge in [0.25, 0.3) is 0 Å². The molecule has 0 N–H and O–H groups in total. The van der Waals surface area contributed by atoms with Crippen LogP contribution in [0.1, 0.15) is 0 Å². The van der Waals surface area contributed by atoms with Crippen molar-refractivity contribution in [2.45, 2.75) is 0 Å². The highest BCUT2D eigenvalue weighted by Crippen LogP contribution is 1.79. The van der Waals surface area contributed by atoms with Crippen molar-refractivity contribution >= 4 is 0 Å². The second-order valence-electron chi connectivity index (χ2n) is 3.00. The Morgan fingerprint density at radius 3 is 1.30 bits per heavy atom. The second-order valence-corrected chi connectivity index (χ2v) is 3.00. The molecule has 0 saturated carbocycles. The highest BCUT2D eigenvalue weighted by atomic mass is 15.1. The summed E-state index contributed by atoms with van der Waals surface area (Å²) in [5, 5.41) is 0. The Bertz CT molecular complexity index is 83.4. The van der Waals surface area contributed by atoms with Gasteiger partial charge in [0, 0.05) is 13.1 Å². The fourth-order valence-corrected chi connectivity index (χ4v) is 0.571. The van der Waals surface area contributed by atoms with Gasteiger partial charge < -0.3 is 9.80 Å². The molecule has 0 aliphatic rings. The molecule has 0 radical (unpaired) electrons. The van der Waals surface area contributed by atoms with Gasteiger partial charge in [0.05, 0.1) is 0 Å². The molecule has 60 valence electrons. The molecule has 0 fully saturated rings. The Hall–Kier alpha value is -0.340.